The van der Waals surface area contributed by atoms with Crippen LogP contribution in [0.5, 0.6) is 0 Å². The molecule has 22 heavy (non-hydrogen) atoms. The van der Waals surface area contributed by atoms with Gasteiger partial charge in [0.2, 0.25) is 0 Å². The number of hydrogen-bond acceptors (Lipinski definition) is 4. The summed E-state index contributed by atoms with van der Waals surface area (Å²) in [6, 6.07) is 8.05. The van der Waals surface area contributed by atoms with Gasteiger partial charge in [-0.1, -0.05) is 12.1 Å². The van der Waals surface area contributed by atoms with Crippen molar-refractivity contribution in [1.29, 1.82) is 0 Å². The second-order valence-electron chi connectivity index (χ2n) is 5.72. The average molecular weight is 326 g/mol. The molecule has 0 atom stereocenters. The van der Waals surface area contributed by atoms with Gasteiger partial charge >= 0.3 is 0 Å². The van der Waals surface area contributed by atoms with E-state index in [1.54, 1.807) is 0 Å². The molecule has 1 fully saturated rings. The molecule has 1 aromatic rings. The van der Waals surface area contributed by atoms with Crippen LogP contribution in [0.15, 0.2) is 24.3 Å². The second kappa shape index (κ2) is 7.81. The molecule has 1 N–H and O–H groups in total. The van der Waals surface area contributed by atoms with Crippen molar-refractivity contribution in [3.8, 4) is 0 Å². The predicted octanol–water partition coefficient (Wildman–Crippen LogP) is 1.66. The Morgan fingerprint density at radius 2 is 1.91 bits per heavy atom. The van der Waals surface area contributed by atoms with Crippen LogP contribution in [0.1, 0.15) is 12.8 Å². The summed E-state index contributed by atoms with van der Waals surface area (Å²) in [6.07, 6.45) is 2.21. The zero-order valence-electron chi connectivity index (χ0n) is 13.0. The van der Waals surface area contributed by atoms with Crippen molar-refractivity contribution < 1.29 is 9.53 Å². The fourth-order valence-electron chi connectivity index (χ4n) is 2.99. The van der Waals surface area contributed by atoms with Crippen LogP contribution in [-0.4, -0.2) is 51.8 Å². The fourth-order valence-corrected chi connectivity index (χ4v) is 2.99. The first-order chi connectivity index (χ1) is 10.3. The lowest BCUT2D eigenvalue weighted by Crippen LogP contribution is -2.45. The Morgan fingerprint density at radius 3 is 2.64 bits per heavy atom. The summed E-state index contributed by atoms with van der Waals surface area (Å²) in [6.45, 7) is 3.73. The van der Waals surface area contributed by atoms with E-state index in [-0.39, 0.29) is 31.0 Å². The minimum atomic E-state index is 0. The molecule has 2 aliphatic rings. The van der Waals surface area contributed by atoms with Crippen molar-refractivity contribution in [2.24, 2.45) is 0 Å². The number of halogens is 1. The lowest BCUT2D eigenvalue weighted by molar-refractivity contribution is -0.125. The smallest absolute Gasteiger partial charge is 0.253 e. The molecule has 1 amide bonds. The summed E-state index contributed by atoms with van der Waals surface area (Å²) in [4.78, 5) is 16.5. The lowest BCUT2D eigenvalue weighted by atomic mass is 10.1. The first kappa shape index (κ1) is 17.1. The first-order valence-corrected chi connectivity index (χ1v) is 7.68. The monoisotopic (exact) mass is 325 g/mol. The highest BCUT2D eigenvalue weighted by atomic mass is 35.5. The molecule has 2 heterocycles. The Balaban J connectivity index is 0.00000176. The zero-order chi connectivity index (χ0) is 14.7. The SMILES string of the molecule is CN1CCN(C(=O)COC2CCNCC2)c2ccccc21.Cl. The molecule has 0 aliphatic carbocycles. The molecule has 2 aliphatic heterocycles. The molecular weight excluding hydrogens is 302 g/mol. The van der Waals surface area contributed by atoms with Crippen molar-refractivity contribution in [1.82, 2.24) is 5.32 Å². The summed E-state index contributed by atoms with van der Waals surface area (Å²) in [5.41, 5.74) is 2.10. The van der Waals surface area contributed by atoms with Crippen LogP contribution in [0.25, 0.3) is 0 Å². The molecule has 1 saturated heterocycles. The first-order valence-electron chi connectivity index (χ1n) is 7.68. The van der Waals surface area contributed by atoms with E-state index in [9.17, 15) is 4.79 Å². The average Bonchev–Trinajstić information content (AvgIpc) is 2.54. The molecule has 0 aromatic heterocycles. The summed E-state index contributed by atoms with van der Waals surface area (Å²) >= 11 is 0. The molecule has 5 nitrogen and oxygen atoms in total. The Labute approximate surface area is 138 Å². The standard InChI is InChI=1S/C16H23N3O2.ClH/c1-18-10-11-19(15-5-3-2-4-14(15)18)16(20)12-21-13-6-8-17-9-7-13;/h2-5,13,17H,6-12H2,1H3;1H. The van der Waals surface area contributed by atoms with E-state index < -0.39 is 0 Å². The van der Waals surface area contributed by atoms with Crippen LogP contribution in [-0.2, 0) is 9.53 Å². The number of nitrogens with zero attached hydrogens (tertiary/aromatic N) is 2. The zero-order valence-corrected chi connectivity index (χ0v) is 13.8. The molecule has 0 spiro atoms. The number of ether oxygens (including phenoxy) is 1. The van der Waals surface area contributed by atoms with Crippen LogP contribution in [0.3, 0.4) is 0 Å². The van der Waals surface area contributed by atoms with Gasteiger partial charge in [0.1, 0.15) is 6.61 Å². The lowest BCUT2D eigenvalue weighted by Gasteiger charge is -2.36. The molecule has 1 aromatic carbocycles. The molecule has 0 saturated carbocycles. The largest absolute Gasteiger partial charge is 0.371 e. The number of hydrogen-bond donors (Lipinski definition) is 1. The molecule has 0 bridgehead atoms. The van der Waals surface area contributed by atoms with E-state index in [0.29, 0.717) is 0 Å². The molecule has 122 valence electrons. The number of piperidine rings is 1. The van der Waals surface area contributed by atoms with E-state index in [4.69, 9.17) is 4.74 Å². The number of carbonyl (C=O) groups excluding carboxylic acids is 1. The number of fused-ring (bicyclic) bond motifs is 1. The predicted molar refractivity (Wildman–Crippen MR) is 91.2 cm³/mol. The Bertz CT molecular complexity index is 506. The number of rotatable bonds is 3. The van der Waals surface area contributed by atoms with Crippen molar-refractivity contribution in [2.75, 3.05) is 49.6 Å². The third kappa shape index (κ3) is 3.72. The van der Waals surface area contributed by atoms with Crippen LogP contribution < -0.4 is 15.1 Å². The third-order valence-electron chi connectivity index (χ3n) is 4.27. The topological polar surface area (TPSA) is 44.8 Å². The summed E-state index contributed by atoms with van der Waals surface area (Å²) in [5.74, 6) is 0.0640. The van der Waals surface area contributed by atoms with Gasteiger partial charge < -0.3 is 19.9 Å². The highest BCUT2D eigenvalue weighted by molar-refractivity contribution is 5.98. The van der Waals surface area contributed by atoms with Gasteiger partial charge in [-0.05, 0) is 38.1 Å². The van der Waals surface area contributed by atoms with Crippen LogP contribution >= 0.6 is 12.4 Å². The van der Waals surface area contributed by atoms with Gasteiger partial charge in [0, 0.05) is 20.1 Å². The maximum absolute atomic E-state index is 12.5. The summed E-state index contributed by atoms with van der Waals surface area (Å²) in [5, 5.41) is 3.30. The number of amides is 1. The molecular formula is C16H24ClN3O2. The second-order valence-corrected chi connectivity index (χ2v) is 5.72. The maximum Gasteiger partial charge on any atom is 0.253 e. The normalized spacial score (nSPS) is 18.6. The number of likely N-dealkylation sites (N-methyl/N-ethyl adjacent to an activating group) is 1. The Hall–Kier alpha value is -1.30. The van der Waals surface area contributed by atoms with E-state index >= 15 is 0 Å². The highest BCUT2D eigenvalue weighted by Crippen LogP contribution is 2.31. The fraction of sp³-hybridized carbons (Fsp3) is 0.562. The molecule has 0 radical (unpaired) electrons. The van der Waals surface area contributed by atoms with Crippen molar-refractivity contribution in [3.63, 3.8) is 0 Å². The quantitative estimate of drug-likeness (QED) is 0.918. The van der Waals surface area contributed by atoms with Crippen molar-refractivity contribution >= 4 is 29.7 Å². The summed E-state index contributed by atoms with van der Waals surface area (Å²) < 4.78 is 5.80. The number of carbonyl (C=O) groups is 1. The number of nitrogens with one attached hydrogen (secondary N) is 1. The third-order valence-corrected chi connectivity index (χ3v) is 4.27. The van der Waals surface area contributed by atoms with Gasteiger partial charge in [-0.25, -0.2) is 0 Å². The minimum absolute atomic E-state index is 0. The van der Waals surface area contributed by atoms with Crippen LogP contribution in [0, 0.1) is 0 Å². The van der Waals surface area contributed by atoms with E-state index in [1.165, 1.54) is 0 Å². The maximum atomic E-state index is 12.5. The van der Waals surface area contributed by atoms with Gasteiger partial charge in [-0.3, -0.25) is 4.79 Å². The van der Waals surface area contributed by atoms with Gasteiger partial charge in [-0.15, -0.1) is 12.4 Å². The van der Waals surface area contributed by atoms with Gasteiger partial charge in [0.15, 0.2) is 0 Å². The number of benzene rings is 1. The van der Waals surface area contributed by atoms with Gasteiger partial charge in [0.05, 0.1) is 17.5 Å². The van der Waals surface area contributed by atoms with Crippen LogP contribution in [0.4, 0.5) is 11.4 Å². The number of para-hydroxylation sites is 2. The van der Waals surface area contributed by atoms with Gasteiger partial charge in [-0.2, -0.15) is 0 Å². The molecule has 0 unspecified atom stereocenters. The highest BCUT2D eigenvalue weighted by Gasteiger charge is 2.25. The molecule has 6 heteroatoms. The Kier molecular flexibility index (Phi) is 6.06. The van der Waals surface area contributed by atoms with E-state index in [2.05, 4.69) is 23.3 Å². The van der Waals surface area contributed by atoms with Crippen molar-refractivity contribution in [2.45, 2.75) is 18.9 Å². The van der Waals surface area contributed by atoms with Crippen LogP contribution in [0.2, 0.25) is 0 Å². The molecule has 3 rings (SSSR count). The number of anilines is 2. The van der Waals surface area contributed by atoms with E-state index in [1.807, 2.05) is 23.1 Å². The van der Waals surface area contributed by atoms with E-state index in [0.717, 1.165) is 50.4 Å². The summed E-state index contributed by atoms with van der Waals surface area (Å²) in [7, 11) is 2.06. The Morgan fingerprint density at radius 1 is 1.23 bits per heavy atom. The van der Waals surface area contributed by atoms with Crippen molar-refractivity contribution in [3.05, 3.63) is 24.3 Å². The minimum Gasteiger partial charge on any atom is -0.371 e. The van der Waals surface area contributed by atoms with Gasteiger partial charge in [0.25, 0.3) is 5.91 Å².